The lowest BCUT2D eigenvalue weighted by atomic mass is 10.2. The quantitative estimate of drug-likeness (QED) is 0.819. The van der Waals surface area contributed by atoms with E-state index in [1.54, 1.807) is 30.3 Å². The summed E-state index contributed by atoms with van der Waals surface area (Å²) in [4.78, 5) is 11.8. The van der Waals surface area contributed by atoms with E-state index < -0.39 is 0 Å². The Kier molecular flexibility index (Phi) is 4.44. The van der Waals surface area contributed by atoms with Crippen molar-refractivity contribution in [2.45, 2.75) is 0 Å². The smallest absolute Gasteiger partial charge is 0.262 e. The minimum Gasteiger partial charge on any atom is -0.494 e. The highest BCUT2D eigenvalue weighted by Crippen LogP contribution is 2.26. The van der Waals surface area contributed by atoms with Gasteiger partial charge in [0.2, 0.25) is 0 Å². The van der Waals surface area contributed by atoms with Crippen molar-refractivity contribution in [2.24, 2.45) is 0 Å². The monoisotopic (exact) mass is 272 g/mol. The summed E-state index contributed by atoms with van der Waals surface area (Å²) in [5.74, 6) is 0.891. The number of nitrogen functional groups attached to an aromatic ring is 1. The first-order valence-electron chi connectivity index (χ1n) is 6.10. The molecule has 0 aromatic heterocycles. The number of anilines is 2. The molecule has 0 aliphatic heterocycles. The van der Waals surface area contributed by atoms with Gasteiger partial charge < -0.3 is 20.5 Å². The van der Waals surface area contributed by atoms with Gasteiger partial charge in [-0.05, 0) is 24.3 Å². The van der Waals surface area contributed by atoms with Crippen LogP contribution in [0.15, 0.2) is 48.5 Å². The van der Waals surface area contributed by atoms with Gasteiger partial charge in [0.05, 0.1) is 12.8 Å². The van der Waals surface area contributed by atoms with E-state index in [9.17, 15) is 4.79 Å². The molecule has 0 atom stereocenters. The Labute approximate surface area is 117 Å². The molecule has 0 saturated heterocycles. The van der Waals surface area contributed by atoms with Gasteiger partial charge in [-0.2, -0.15) is 0 Å². The summed E-state index contributed by atoms with van der Waals surface area (Å²) in [5, 5.41) is 2.71. The van der Waals surface area contributed by atoms with E-state index in [2.05, 4.69) is 5.32 Å². The highest BCUT2D eigenvalue weighted by molar-refractivity contribution is 5.93. The number of hydrogen-bond donors (Lipinski definition) is 2. The Morgan fingerprint density at radius 3 is 2.65 bits per heavy atom. The number of amides is 1. The van der Waals surface area contributed by atoms with Crippen LogP contribution in [0.4, 0.5) is 11.4 Å². The van der Waals surface area contributed by atoms with E-state index in [4.69, 9.17) is 15.2 Å². The molecule has 5 heteroatoms. The first-order valence-corrected chi connectivity index (χ1v) is 6.10. The maximum atomic E-state index is 11.8. The summed E-state index contributed by atoms with van der Waals surface area (Å²) in [7, 11) is 1.52. The Hall–Kier alpha value is -2.69. The normalized spacial score (nSPS) is 9.85. The van der Waals surface area contributed by atoms with Crippen molar-refractivity contribution >= 4 is 17.3 Å². The molecular formula is C15H16N2O3. The Balaban J connectivity index is 1.95. The van der Waals surface area contributed by atoms with Crippen LogP contribution in [0.25, 0.3) is 0 Å². The Morgan fingerprint density at radius 1 is 1.20 bits per heavy atom. The number of rotatable bonds is 5. The lowest BCUT2D eigenvalue weighted by molar-refractivity contribution is -0.118. The first kappa shape index (κ1) is 13.7. The van der Waals surface area contributed by atoms with Gasteiger partial charge in [-0.1, -0.05) is 18.2 Å². The number of ether oxygens (including phenoxy) is 2. The SMILES string of the molecule is COc1cc(N)ccc1NC(=O)COc1ccccc1. The first-order chi connectivity index (χ1) is 9.69. The number of nitrogens with one attached hydrogen (secondary N) is 1. The summed E-state index contributed by atoms with van der Waals surface area (Å²) in [6, 6.07) is 14.2. The molecule has 0 fully saturated rings. The number of nitrogens with two attached hydrogens (primary N) is 1. The molecule has 0 saturated carbocycles. The maximum absolute atomic E-state index is 11.8. The molecule has 0 aliphatic carbocycles. The molecule has 20 heavy (non-hydrogen) atoms. The standard InChI is InChI=1S/C15H16N2O3/c1-19-14-9-11(16)7-8-13(14)17-15(18)10-20-12-5-3-2-4-6-12/h2-9H,10,16H2,1H3,(H,17,18). The van der Waals surface area contributed by atoms with Crippen LogP contribution in [0.5, 0.6) is 11.5 Å². The number of carbonyl (C=O) groups is 1. The van der Waals surface area contributed by atoms with Gasteiger partial charge in [0.25, 0.3) is 5.91 Å². The highest BCUT2D eigenvalue weighted by atomic mass is 16.5. The lowest BCUT2D eigenvalue weighted by Crippen LogP contribution is -2.20. The zero-order valence-corrected chi connectivity index (χ0v) is 11.1. The van der Waals surface area contributed by atoms with Gasteiger partial charge in [-0.15, -0.1) is 0 Å². The second kappa shape index (κ2) is 6.47. The predicted molar refractivity (Wildman–Crippen MR) is 78.0 cm³/mol. The van der Waals surface area contributed by atoms with Crippen LogP contribution in [-0.4, -0.2) is 19.6 Å². The molecule has 1 amide bonds. The molecule has 2 rings (SSSR count). The molecular weight excluding hydrogens is 256 g/mol. The van der Waals surface area contributed by atoms with Crippen LogP contribution in [-0.2, 0) is 4.79 Å². The van der Waals surface area contributed by atoms with Crippen LogP contribution in [0.1, 0.15) is 0 Å². The van der Waals surface area contributed by atoms with Crippen molar-refractivity contribution < 1.29 is 14.3 Å². The second-order valence-electron chi connectivity index (χ2n) is 4.11. The number of hydrogen-bond acceptors (Lipinski definition) is 4. The summed E-state index contributed by atoms with van der Waals surface area (Å²) in [6.45, 7) is -0.0719. The van der Waals surface area contributed by atoms with Gasteiger partial charge >= 0.3 is 0 Å². The van der Waals surface area contributed by atoms with Gasteiger partial charge in [0, 0.05) is 11.8 Å². The molecule has 0 bridgehead atoms. The molecule has 0 radical (unpaired) electrons. The Bertz CT molecular complexity index is 585. The molecule has 0 unspecified atom stereocenters. The van der Waals surface area contributed by atoms with Gasteiger partial charge in [0.1, 0.15) is 11.5 Å². The molecule has 3 N–H and O–H groups in total. The number of methoxy groups -OCH3 is 1. The third-order valence-corrected chi connectivity index (χ3v) is 2.61. The fourth-order valence-electron chi connectivity index (χ4n) is 1.66. The maximum Gasteiger partial charge on any atom is 0.262 e. The van der Waals surface area contributed by atoms with Crippen molar-refractivity contribution in [3.63, 3.8) is 0 Å². The summed E-state index contributed by atoms with van der Waals surface area (Å²) >= 11 is 0. The molecule has 0 aliphatic rings. The lowest BCUT2D eigenvalue weighted by Gasteiger charge is -2.11. The molecule has 2 aromatic carbocycles. The van der Waals surface area contributed by atoms with Crippen molar-refractivity contribution in [3.05, 3.63) is 48.5 Å². The van der Waals surface area contributed by atoms with Crippen molar-refractivity contribution in [2.75, 3.05) is 24.8 Å². The summed E-state index contributed by atoms with van der Waals surface area (Å²) < 4.78 is 10.5. The molecule has 104 valence electrons. The van der Waals surface area contributed by atoms with E-state index >= 15 is 0 Å². The number of carbonyl (C=O) groups excluding carboxylic acids is 1. The highest BCUT2D eigenvalue weighted by Gasteiger charge is 2.08. The Morgan fingerprint density at radius 2 is 1.95 bits per heavy atom. The fourth-order valence-corrected chi connectivity index (χ4v) is 1.66. The van der Waals surface area contributed by atoms with Gasteiger partial charge in [-0.25, -0.2) is 0 Å². The zero-order valence-electron chi connectivity index (χ0n) is 11.1. The van der Waals surface area contributed by atoms with Crippen LogP contribution in [0.3, 0.4) is 0 Å². The van der Waals surface area contributed by atoms with Crippen LogP contribution in [0.2, 0.25) is 0 Å². The largest absolute Gasteiger partial charge is 0.494 e. The van der Waals surface area contributed by atoms with Crippen LogP contribution >= 0.6 is 0 Å². The topological polar surface area (TPSA) is 73.6 Å². The van der Waals surface area contributed by atoms with E-state index in [1.807, 2.05) is 18.2 Å². The minimum atomic E-state index is -0.267. The third kappa shape index (κ3) is 3.65. The minimum absolute atomic E-state index is 0.0719. The second-order valence-corrected chi connectivity index (χ2v) is 4.11. The third-order valence-electron chi connectivity index (χ3n) is 2.61. The summed E-state index contributed by atoms with van der Waals surface area (Å²) in [6.07, 6.45) is 0. The molecule has 0 spiro atoms. The van der Waals surface area contributed by atoms with Crippen molar-refractivity contribution in [1.82, 2.24) is 0 Å². The fraction of sp³-hybridized carbons (Fsp3) is 0.133. The van der Waals surface area contributed by atoms with E-state index in [0.29, 0.717) is 22.9 Å². The molecule has 5 nitrogen and oxygen atoms in total. The van der Waals surface area contributed by atoms with E-state index in [1.165, 1.54) is 7.11 Å². The van der Waals surface area contributed by atoms with E-state index in [0.717, 1.165) is 0 Å². The average molecular weight is 272 g/mol. The zero-order chi connectivity index (χ0) is 14.4. The molecule has 2 aromatic rings. The van der Waals surface area contributed by atoms with E-state index in [-0.39, 0.29) is 12.5 Å². The van der Waals surface area contributed by atoms with Gasteiger partial charge in [0.15, 0.2) is 6.61 Å². The van der Waals surface area contributed by atoms with Crippen LogP contribution < -0.4 is 20.5 Å². The average Bonchev–Trinajstić information content (AvgIpc) is 2.48. The number of para-hydroxylation sites is 1. The van der Waals surface area contributed by atoms with Gasteiger partial charge in [-0.3, -0.25) is 4.79 Å². The predicted octanol–water partition coefficient (Wildman–Crippen LogP) is 2.29. The molecule has 0 heterocycles. The van der Waals surface area contributed by atoms with Crippen molar-refractivity contribution in [1.29, 1.82) is 0 Å². The van der Waals surface area contributed by atoms with Crippen molar-refractivity contribution in [3.8, 4) is 11.5 Å². The van der Waals surface area contributed by atoms with Crippen LogP contribution in [0, 0.1) is 0 Å². The number of benzene rings is 2. The summed E-state index contributed by atoms with van der Waals surface area (Å²) in [5.41, 5.74) is 6.78.